The maximum absolute atomic E-state index is 13.0. The van der Waals surface area contributed by atoms with Crippen LogP contribution in [0, 0.1) is 0 Å². The number of phenols is 1. The van der Waals surface area contributed by atoms with Crippen molar-refractivity contribution >= 4 is 40.6 Å². The van der Waals surface area contributed by atoms with Gasteiger partial charge in [-0.05, 0) is 70.6 Å². The van der Waals surface area contributed by atoms with E-state index in [2.05, 4.69) is 46.5 Å². The number of methoxy groups -OCH3 is 1. The van der Waals surface area contributed by atoms with Crippen molar-refractivity contribution in [3.05, 3.63) is 63.6 Å². The van der Waals surface area contributed by atoms with Crippen LogP contribution in [0.25, 0.3) is 6.08 Å². The minimum atomic E-state index is -0.412. The van der Waals surface area contributed by atoms with Crippen LogP contribution in [0.5, 0.6) is 5.75 Å². The molecule has 0 aromatic heterocycles. The van der Waals surface area contributed by atoms with Crippen LogP contribution in [-0.4, -0.2) is 41.2 Å². The molecule has 1 N–H and O–H groups in total. The first-order valence-electron chi connectivity index (χ1n) is 11.0. The number of ether oxygens (including phenoxy) is 1. The highest BCUT2D eigenvalue weighted by atomic mass is 32.2. The topological polar surface area (TPSA) is 79.2 Å². The summed E-state index contributed by atoms with van der Waals surface area (Å²) < 4.78 is 4.72. The Hall–Kier alpha value is -3.06. The number of esters is 1. The molecule has 7 heteroatoms. The van der Waals surface area contributed by atoms with Crippen LogP contribution in [0.1, 0.15) is 68.6 Å². The third-order valence-corrected chi connectivity index (χ3v) is 6.62. The molecule has 1 fully saturated rings. The van der Waals surface area contributed by atoms with Gasteiger partial charge < -0.3 is 9.84 Å². The molecular formula is C27H32N2O4S. The van der Waals surface area contributed by atoms with Crippen LogP contribution in [0.15, 0.2) is 46.3 Å². The van der Waals surface area contributed by atoms with Crippen LogP contribution in [0.4, 0.5) is 5.69 Å². The Labute approximate surface area is 205 Å². The van der Waals surface area contributed by atoms with Crippen LogP contribution in [0.3, 0.4) is 0 Å². The molecule has 0 atom stereocenters. The molecule has 0 aliphatic carbocycles. The van der Waals surface area contributed by atoms with Gasteiger partial charge in [0, 0.05) is 18.2 Å². The SMILES string of the molecule is COC(=O)c1ccc(N=C2SC(=Cc3cc(C(C)(C)C)c(O)c(C(C)(C)C)c3)C(=O)N2C)cc1. The highest BCUT2D eigenvalue weighted by Crippen LogP contribution is 2.41. The molecule has 180 valence electrons. The second-order valence-corrected chi connectivity index (χ2v) is 11.4. The number of aliphatic imine (C=N–C) groups is 1. The Morgan fingerprint density at radius 1 is 1.03 bits per heavy atom. The van der Waals surface area contributed by atoms with E-state index in [4.69, 9.17) is 4.74 Å². The minimum Gasteiger partial charge on any atom is -0.507 e. The van der Waals surface area contributed by atoms with Gasteiger partial charge in [-0.2, -0.15) is 0 Å². The Balaban J connectivity index is 1.99. The van der Waals surface area contributed by atoms with Gasteiger partial charge in [-0.3, -0.25) is 9.69 Å². The van der Waals surface area contributed by atoms with E-state index in [9.17, 15) is 14.7 Å². The molecule has 6 nitrogen and oxygen atoms in total. The molecule has 3 rings (SSSR count). The summed E-state index contributed by atoms with van der Waals surface area (Å²) in [6.45, 7) is 12.4. The number of amidine groups is 1. The Kier molecular flexibility index (Phi) is 6.99. The number of thioether (sulfide) groups is 1. The van der Waals surface area contributed by atoms with E-state index in [1.165, 1.54) is 23.8 Å². The van der Waals surface area contributed by atoms with Gasteiger partial charge in [0.2, 0.25) is 0 Å². The molecule has 2 aromatic rings. The fraction of sp³-hybridized carbons (Fsp3) is 0.370. The summed E-state index contributed by atoms with van der Waals surface area (Å²) in [6.07, 6.45) is 1.86. The molecule has 2 aromatic carbocycles. The zero-order valence-electron chi connectivity index (χ0n) is 21.0. The van der Waals surface area contributed by atoms with Crippen LogP contribution < -0.4 is 0 Å². The number of hydrogen-bond acceptors (Lipinski definition) is 6. The predicted octanol–water partition coefficient (Wildman–Crippen LogP) is 6.01. The quantitative estimate of drug-likeness (QED) is 0.430. The van der Waals surface area contributed by atoms with Gasteiger partial charge in [-0.15, -0.1) is 0 Å². The van der Waals surface area contributed by atoms with Crippen molar-refractivity contribution in [2.75, 3.05) is 14.2 Å². The number of hydrogen-bond donors (Lipinski definition) is 1. The van der Waals surface area contributed by atoms with E-state index in [0.29, 0.717) is 27.1 Å². The molecule has 34 heavy (non-hydrogen) atoms. The molecule has 0 bridgehead atoms. The summed E-state index contributed by atoms with van der Waals surface area (Å²) in [6, 6.07) is 10.6. The molecule has 1 aliphatic rings. The van der Waals surface area contributed by atoms with Crippen LogP contribution in [0.2, 0.25) is 0 Å². The molecule has 0 spiro atoms. The number of carbonyl (C=O) groups excluding carboxylic acids is 2. The smallest absolute Gasteiger partial charge is 0.337 e. The normalized spacial score (nSPS) is 17.1. The van der Waals surface area contributed by atoms with Gasteiger partial charge in [-0.1, -0.05) is 41.5 Å². The number of benzene rings is 2. The first-order valence-corrected chi connectivity index (χ1v) is 11.9. The van der Waals surface area contributed by atoms with Crippen molar-refractivity contribution in [2.45, 2.75) is 52.4 Å². The minimum absolute atomic E-state index is 0.141. The van der Waals surface area contributed by atoms with Crippen molar-refractivity contribution in [1.82, 2.24) is 4.90 Å². The van der Waals surface area contributed by atoms with E-state index in [1.807, 2.05) is 18.2 Å². The molecular weight excluding hydrogens is 448 g/mol. The Morgan fingerprint density at radius 2 is 1.56 bits per heavy atom. The van der Waals surface area contributed by atoms with Gasteiger partial charge in [0.25, 0.3) is 5.91 Å². The van der Waals surface area contributed by atoms with Gasteiger partial charge in [0.05, 0.1) is 23.3 Å². The lowest BCUT2D eigenvalue weighted by molar-refractivity contribution is -0.121. The van der Waals surface area contributed by atoms with Gasteiger partial charge in [0.15, 0.2) is 5.17 Å². The van der Waals surface area contributed by atoms with E-state index in [-0.39, 0.29) is 16.7 Å². The zero-order chi connectivity index (χ0) is 25.4. The molecule has 0 unspecified atom stereocenters. The van der Waals surface area contributed by atoms with Crippen LogP contribution >= 0.6 is 11.8 Å². The van der Waals surface area contributed by atoms with E-state index >= 15 is 0 Å². The summed E-state index contributed by atoms with van der Waals surface area (Å²) in [5, 5.41) is 11.5. The molecule has 0 radical (unpaired) electrons. The number of aromatic hydroxyl groups is 1. The third-order valence-electron chi connectivity index (χ3n) is 5.56. The average molecular weight is 481 g/mol. The zero-order valence-corrected chi connectivity index (χ0v) is 21.8. The van der Waals surface area contributed by atoms with Crippen molar-refractivity contribution in [3.8, 4) is 5.75 Å². The first kappa shape index (κ1) is 25.6. The molecule has 1 heterocycles. The van der Waals surface area contributed by atoms with Gasteiger partial charge in [0.1, 0.15) is 5.75 Å². The fourth-order valence-corrected chi connectivity index (χ4v) is 4.57. The molecule has 1 aliphatic heterocycles. The molecule has 1 saturated heterocycles. The highest BCUT2D eigenvalue weighted by Gasteiger charge is 2.31. The summed E-state index contributed by atoms with van der Waals surface area (Å²) in [5.41, 5.74) is 3.10. The second-order valence-electron chi connectivity index (χ2n) is 10.4. The lowest BCUT2D eigenvalue weighted by atomic mass is 9.78. The maximum Gasteiger partial charge on any atom is 0.337 e. The summed E-state index contributed by atoms with van der Waals surface area (Å²) >= 11 is 1.30. The molecule has 1 amide bonds. The predicted molar refractivity (Wildman–Crippen MR) is 139 cm³/mol. The van der Waals surface area contributed by atoms with Crippen molar-refractivity contribution in [2.24, 2.45) is 4.99 Å². The lowest BCUT2D eigenvalue weighted by Crippen LogP contribution is -2.23. The number of rotatable bonds is 3. The van der Waals surface area contributed by atoms with E-state index < -0.39 is 5.97 Å². The molecule has 0 saturated carbocycles. The van der Waals surface area contributed by atoms with E-state index in [0.717, 1.165) is 16.7 Å². The van der Waals surface area contributed by atoms with E-state index in [1.54, 1.807) is 31.3 Å². The maximum atomic E-state index is 13.0. The van der Waals surface area contributed by atoms with Crippen molar-refractivity contribution in [1.29, 1.82) is 0 Å². The Morgan fingerprint density at radius 3 is 2.03 bits per heavy atom. The number of likely N-dealkylation sites (N-methyl/N-ethyl adjacent to an activating group) is 1. The van der Waals surface area contributed by atoms with Crippen molar-refractivity contribution < 1.29 is 19.4 Å². The largest absolute Gasteiger partial charge is 0.507 e. The van der Waals surface area contributed by atoms with Gasteiger partial charge in [-0.25, -0.2) is 9.79 Å². The first-order chi connectivity index (χ1) is 15.7. The second kappa shape index (κ2) is 9.29. The number of nitrogens with zero attached hydrogens (tertiary/aromatic N) is 2. The third kappa shape index (κ3) is 5.36. The lowest BCUT2D eigenvalue weighted by Gasteiger charge is -2.28. The van der Waals surface area contributed by atoms with Gasteiger partial charge >= 0.3 is 5.97 Å². The highest BCUT2D eigenvalue weighted by molar-refractivity contribution is 8.18. The number of amides is 1. The summed E-state index contributed by atoms with van der Waals surface area (Å²) in [5.74, 6) is -0.245. The van der Waals surface area contributed by atoms with Crippen LogP contribution in [-0.2, 0) is 20.4 Å². The average Bonchev–Trinajstić information content (AvgIpc) is 3.01. The summed E-state index contributed by atoms with van der Waals surface area (Å²) in [7, 11) is 3.03. The Bertz CT molecular complexity index is 1150. The number of carbonyl (C=O) groups is 2. The fourth-order valence-electron chi connectivity index (χ4n) is 3.59. The van der Waals surface area contributed by atoms with Crippen molar-refractivity contribution in [3.63, 3.8) is 0 Å². The number of phenolic OH excluding ortho intramolecular Hbond substituents is 1. The summed E-state index contributed by atoms with van der Waals surface area (Å²) in [4.78, 5) is 31.3. The standard InChI is InChI=1S/C27H32N2O4S/c1-26(2,3)19-13-16(14-20(22(19)30)27(4,5)6)15-21-23(31)29(7)25(34-21)28-18-11-9-17(10-12-18)24(32)33-8/h9-15,30H,1-8H3. The monoisotopic (exact) mass is 480 g/mol.